The molecule has 0 amide bonds. The molecule has 1 aliphatic rings. The highest BCUT2D eigenvalue weighted by atomic mass is 19.4. The van der Waals surface area contributed by atoms with Crippen LogP contribution in [0, 0.1) is 0 Å². The van der Waals surface area contributed by atoms with E-state index in [-0.39, 0.29) is 11.6 Å². The number of hydrogen-bond acceptors (Lipinski definition) is 8. The van der Waals surface area contributed by atoms with Crippen LogP contribution < -0.4 is 9.80 Å². The number of pyridine rings is 1. The normalized spacial score (nSPS) is 14.9. The molecule has 0 aromatic carbocycles. The fraction of sp³-hybridized carbons (Fsp3) is 0.300. The van der Waals surface area contributed by atoms with E-state index in [4.69, 9.17) is 0 Å². The zero-order valence-electron chi connectivity index (χ0n) is 17.0. The fourth-order valence-corrected chi connectivity index (χ4v) is 3.70. The summed E-state index contributed by atoms with van der Waals surface area (Å²) in [6.07, 6.45) is 0.120. The summed E-state index contributed by atoms with van der Waals surface area (Å²) in [6.45, 7) is 2.07. The summed E-state index contributed by atoms with van der Waals surface area (Å²) >= 11 is 0. The van der Waals surface area contributed by atoms with Gasteiger partial charge in [0.15, 0.2) is 17.2 Å². The molecule has 0 N–H and O–H groups in total. The van der Waals surface area contributed by atoms with E-state index in [9.17, 15) is 13.2 Å². The van der Waals surface area contributed by atoms with E-state index in [1.165, 1.54) is 12.5 Å². The molecule has 0 bridgehead atoms. The molecule has 0 atom stereocenters. The van der Waals surface area contributed by atoms with Crippen molar-refractivity contribution in [3.8, 4) is 11.5 Å². The minimum atomic E-state index is -4.59. The van der Waals surface area contributed by atoms with Crippen LogP contribution in [0.5, 0.6) is 0 Å². The molecule has 1 fully saturated rings. The lowest BCUT2D eigenvalue weighted by atomic mass is 10.2. The number of nitrogens with zero attached hydrogens (tertiary/aromatic N) is 9. The predicted molar refractivity (Wildman–Crippen MR) is 111 cm³/mol. The van der Waals surface area contributed by atoms with Crippen molar-refractivity contribution in [3.05, 3.63) is 48.7 Å². The highest BCUT2D eigenvalue weighted by Crippen LogP contribution is 2.32. The minimum Gasteiger partial charge on any atom is -0.353 e. The zero-order chi connectivity index (χ0) is 22.3. The topological polar surface area (TPSA) is 88.8 Å². The zero-order valence-corrected chi connectivity index (χ0v) is 17.0. The Balaban J connectivity index is 1.42. The molecule has 9 nitrogen and oxygen atoms in total. The number of hydrogen-bond donors (Lipinski definition) is 0. The number of aryl methyl sites for hydroxylation is 1. The molecule has 1 aliphatic heterocycles. The number of fused-ring (bicyclic) bond motifs is 1. The summed E-state index contributed by atoms with van der Waals surface area (Å²) in [7, 11) is 1.81. The average Bonchev–Trinajstić information content (AvgIpc) is 3.20. The summed E-state index contributed by atoms with van der Waals surface area (Å²) in [5.74, 6) is 0.933. The quantitative estimate of drug-likeness (QED) is 0.479. The molecule has 4 aromatic rings. The van der Waals surface area contributed by atoms with E-state index in [1.54, 1.807) is 29.1 Å². The van der Waals surface area contributed by atoms with Crippen LogP contribution in [0.1, 0.15) is 5.69 Å². The second kappa shape index (κ2) is 7.70. The molecule has 0 radical (unpaired) electrons. The van der Waals surface area contributed by atoms with Gasteiger partial charge in [-0.05, 0) is 12.1 Å². The molecule has 0 unspecified atom stereocenters. The molecule has 32 heavy (non-hydrogen) atoms. The molecule has 0 spiro atoms. The summed E-state index contributed by atoms with van der Waals surface area (Å²) in [5, 5.41) is 5.07. The predicted octanol–water partition coefficient (Wildman–Crippen LogP) is 2.56. The van der Waals surface area contributed by atoms with Crippen molar-refractivity contribution in [2.24, 2.45) is 7.05 Å². The van der Waals surface area contributed by atoms with Crippen LogP contribution in [0.25, 0.3) is 22.6 Å². The van der Waals surface area contributed by atoms with Crippen LogP contribution in [0.2, 0.25) is 0 Å². The highest BCUT2D eigenvalue weighted by Gasteiger charge is 2.35. The van der Waals surface area contributed by atoms with Gasteiger partial charge in [0.2, 0.25) is 0 Å². The van der Waals surface area contributed by atoms with Crippen molar-refractivity contribution in [3.63, 3.8) is 0 Å². The van der Waals surface area contributed by atoms with Crippen molar-refractivity contribution < 1.29 is 13.2 Å². The largest absolute Gasteiger partial charge is 0.433 e. The van der Waals surface area contributed by atoms with E-state index >= 15 is 0 Å². The van der Waals surface area contributed by atoms with Crippen molar-refractivity contribution in [1.82, 2.24) is 34.7 Å². The van der Waals surface area contributed by atoms with Crippen LogP contribution in [0.4, 0.5) is 24.8 Å². The van der Waals surface area contributed by atoms with Crippen LogP contribution in [0.3, 0.4) is 0 Å². The van der Waals surface area contributed by atoms with Gasteiger partial charge in [0.1, 0.15) is 23.7 Å². The van der Waals surface area contributed by atoms with Gasteiger partial charge >= 0.3 is 6.18 Å². The molecule has 5 rings (SSSR count). The van der Waals surface area contributed by atoms with E-state index in [2.05, 4.69) is 34.9 Å². The molecular formula is C20H18F3N9. The average molecular weight is 441 g/mol. The van der Waals surface area contributed by atoms with Gasteiger partial charge in [0, 0.05) is 45.5 Å². The number of anilines is 2. The maximum absolute atomic E-state index is 13.5. The Morgan fingerprint density at radius 3 is 2.44 bits per heavy atom. The standard InChI is InChI=1S/C20H18F3N9/c1-30-18-13(11-27-30)19(26-12-25-18)32-8-6-31(7-9-32)16-10-15(20(21,22)23)28-17(29-16)14-4-2-3-5-24-14/h2-5,10-12H,6-9H2,1H3. The number of alkyl halides is 3. The number of halogens is 3. The van der Waals surface area contributed by atoms with Gasteiger partial charge in [-0.1, -0.05) is 6.07 Å². The third kappa shape index (κ3) is 3.67. The first-order valence-electron chi connectivity index (χ1n) is 9.90. The third-order valence-electron chi connectivity index (χ3n) is 5.31. The Morgan fingerprint density at radius 1 is 0.938 bits per heavy atom. The van der Waals surface area contributed by atoms with Crippen LogP contribution in [0.15, 0.2) is 43.0 Å². The molecule has 5 heterocycles. The first-order chi connectivity index (χ1) is 15.4. The smallest absolute Gasteiger partial charge is 0.353 e. The fourth-order valence-electron chi connectivity index (χ4n) is 3.70. The Hall–Kier alpha value is -3.83. The van der Waals surface area contributed by atoms with Gasteiger partial charge in [0.05, 0.1) is 11.6 Å². The van der Waals surface area contributed by atoms with Gasteiger partial charge in [0.25, 0.3) is 0 Å². The number of rotatable bonds is 3. The summed E-state index contributed by atoms with van der Waals surface area (Å²) in [5.41, 5.74) is 0.0277. The van der Waals surface area contributed by atoms with Gasteiger partial charge < -0.3 is 9.80 Å². The van der Waals surface area contributed by atoms with Crippen molar-refractivity contribution >= 4 is 22.7 Å². The maximum Gasteiger partial charge on any atom is 0.433 e. The number of aromatic nitrogens is 7. The van der Waals surface area contributed by atoms with Gasteiger partial charge in [-0.3, -0.25) is 9.67 Å². The first-order valence-corrected chi connectivity index (χ1v) is 9.90. The van der Waals surface area contributed by atoms with Gasteiger partial charge in [-0.25, -0.2) is 19.9 Å². The molecular weight excluding hydrogens is 423 g/mol. The van der Waals surface area contributed by atoms with Gasteiger partial charge in [-0.15, -0.1) is 0 Å². The molecule has 1 saturated heterocycles. The highest BCUT2D eigenvalue weighted by molar-refractivity contribution is 5.86. The van der Waals surface area contributed by atoms with E-state index in [0.717, 1.165) is 22.9 Å². The first kappa shape index (κ1) is 20.1. The monoisotopic (exact) mass is 441 g/mol. The summed E-state index contributed by atoms with van der Waals surface area (Å²) < 4.78 is 42.2. The van der Waals surface area contributed by atoms with E-state index in [1.807, 2.05) is 11.9 Å². The molecule has 0 aliphatic carbocycles. The molecule has 164 valence electrons. The lowest BCUT2D eigenvalue weighted by Crippen LogP contribution is -2.47. The summed E-state index contributed by atoms with van der Waals surface area (Å²) in [4.78, 5) is 24.7. The second-order valence-electron chi connectivity index (χ2n) is 7.32. The maximum atomic E-state index is 13.5. The SMILES string of the molecule is Cn1ncc2c(N3CCN(c4cc(C(F)(F)F)nc(-c5ccccn5)n4)CC3)ncnc21. The van der Waals surface area contributed by atoms with E-state index in [0.29, 0.717) is 31.9 Å². The summed E-state index contributed by atoms with van der Waals surface area (Å²) in [6, 6.07) is 5.95. The van der Waals surface area contributed by atoms with Crippen molar-refractivity contribution in [2.75, 3.05) is 36.0 Å². The van der Waals surface area contributed by atoms with Crippen LogP contribution in [-0.4, -0.2) is 60.9 Å². The van der Waals surface area contributed by atoms with Crippen molar-refractivity contribution in [2.45, 2.75) is 6.18 Å². The molecule has 12 heteroatoms. The van der Waals surface area contributed by atoms with E-state index < -0.39 is 11.9 Å². The Bertz CT molecular complexity index is 1250. The third-order valence-corrected chi connectivity index (χ3v) is 5.31. The van der Waals surface area contributed by atoms with Crippen LogP contribution >= 0.6 is 0 Å². The van der Waals surface area contributed by atoms with Gasteiger partial charge in [-0.2, -0.15) is 18.3 Å². The Morgan fingerprint density at radius 2 is 1.72 bits per heavy atom. The molecule has 0 saturated carbocycles. The Kier molecular flexibility index (Phi) is 4.83. The molecule has 4 aromatic heterocycles. The van der Waals surface area contributed by atoms with Crippen molar-refractivity contribution in [1.29, 1.82) is 0 Å². The lowest BCUT2D eigenvalue weighted by molar-refractivity contribution is -0.141. The lowest BCUT2D eigenvalue weighted by Gasteiger charge is -2.36. The minimum absolute atomic E-state index is 0.0503. The Labute approximate surface area is 180 Å². The number of piperazine rings is 1. The second-order valence-corrected chi connectivity index (χ2v) is 7.32. The van der Waals surface area contributed by atoms with Crippen LogP contribution in [-0.2, 0) is 13.2 Å².